The van der Waals surface area contributed by atoms with Crippen LogP contribution in [0.3, 0.4) is 0 Å². The predicted octanol–water partition coefficient (Wildman–Crippen LogP) is 3.51. The van der Waals surface area contributed by atoms with E-state index in [-0.39, 0.29) is 10.8 Å². The maximum Gasteiger partial charge on any atom is 0.419 e. The lowest BCUT2D eigenvalue weighted by atomic mass is 10.1. The summed E-state index contributed by atoms with van der Waals surface area (Å²) in [7, 11) is 0. The van der Waals surface area contributed by atoms with E-state index in [0.717, 1.165) is 11.8 Å². The summed E-state index contributed by atoms with van der Waals surface area (Å²) in [5.41, 5.74) is -2.66. The molecule has 2 aromatic heterocycles. The molecular weight excluding hydrogens is 343 g/mol. The zero-order chi connectivity index (χ0) is 16.5. The molecule has 2 aromatic rings. The van der Waals surface area contributed by atoms with Gasteiger partial charge in [-0.3, -0.25) is 4.79 Å². The maximum absolute atomic E-state index is 13.0. The number of nitrogens with zero attached hydrogens (tertiary/aromatic N) is 2. The second-order valence-corrected chi connectivity index (χ2v) is 5.54. The first-order chi connectivity index (χ1) is 10.2. The summed E-state index contributed by atoms with van der Waals surface area (Å²) in [6.45, 7) is 1.68. The van der Waals surface area contributed by atoms with Crippen molar-refractivity contribution in [1.82, 2.24) is 10.1 Å². The molecule has 0 saturated heterocycles. The topological polar surface area (TPSA) is 82.7 Å². The maximum atomic E-state index is 13.0. The zero-order valence-electron chi connectivity index (χ0n) is 10.9. The largest absolute Gasteiger partial charge is 0.419 e. The molecule has 5 nitrogen and oxygen atoms in total. The lowest BCUT2D eigenvalue weighted by Gasteiger charge is -2.12. The second kappa shape index (κ2) is 6.06. The monoisotopic (exact) mass is 349 g/mol. The molecular formula is C12H7ClF3N3O2S. The number of nitrogens with one attached hydrogen (secondary N) is 1. The molecule has 0 saturated carbocycles. The highest BCUT2D eigenvalue weighted by Gasteiger charge is 2.39. The molecule has 0 radical (unpaired) electrons. The number of aromatic amines is 1. The molecule has 116 valence electrons. The Balaban J connectivity index is 2.46. The first-order valence-electron chi connectivity index (χ1n) is 5.72. The minimum absolute atomic E-state index is 0.102. The molecule has 22 heavy (non-hydrogen) atoms. The third kappa shape index (κ3) is 3.28. The van der Waals surface area contributed by atoms with Crippen molar-refractivity contribution in [2.24, 2.45) is 0 Å². The Hall–Kier alpha value is -1.92. The number of nitriles is 1. The molecule has 0 amide bonds. The highest BCUT2D eigenvalue weighted by Crippen LogP contribution is 2.38. The van der Waals surface area contributed by atoms with E-state index in [1.165, 1.54) is 6.07 Å². The summed E-state index contributed by atoms with van der Waals surface area (Å²) in [5, 5.41) is 11.4. The van der Waals surface area contributed by atoms with Gasteiger partial charge >= 0.3 is 6.18 Å². The smallest absolute Gasteiger partial charge is 0.360 e. The fourth-order valence-corrected chi connectivity index (χ4v) is 2.79. The van der Waals surface area contributed by atoms with Gasteiger partial charge < -0.3 is 9.51 Å². The summed E-state index contributed by atoms with van der Waals surface area (Å²) in [6, 6.07) is 3.03. The van der Waals surface area contributed by atoms with Gasteiger partial charge in [-0.05, 0) is 6.92 Å². The molecule has 0 aliphatic carbocycles. The molecule has 10 heteroatoms. The summed E-state index contributed by atoms with van der Waals surface area (Å²) in [6.07, 6.45) is -4.91. The van der Waals surface area contributed by atoms with Crippen molar-refractivity contribution in [3.63, 3.8) is 0 Å². The van der Waals surface area contributed by atoms with Crippen LogP contribution in [0.25, 0.3) is 0 Å². The lowest BCUT2D eigenvalue weighted by Crippen LogP contribution is -2.19. The number of rotatable bonds is 3. The Labute approximate surface area is 131 Å². The van der Waals surface area contributed by atoms with Crippen molar-refractivity contribution < 1.29 is 17.7 Å². The number of aromatic nitrogens is 2. The van der Waals surface area contributed by atoms with Crippen molar-refractivity contribution in [1.29, 1.82) is 5.26 Å². The summed E-state index contributed by atoms with van der Waals surface area (Å²) < 4.78 is 43.9. The van der Waals surface area contributed by atoms with Crippen molar-refractivity contribution in [3.05, 3.63) is 44.0 Å². The summed E-state index contributed by atoms with van der Waals surface area (Å²) >= 11 is 6.22. The van der Waals surface area contributed by atoms with Crippen LogP contribution in [-0.2, 0) is 11.9 Å². The van der Waals surface area contributed by atoms with Gasteiger partial charge in [0.15, 0.2) is 0 Å². The minimum atomic E-state index is -4.91. The van der Waals surface area contributed by atoms with Crippen LogP contribution in [0.4, 0.5) is 13.2 Å². The summed E-state index contributed by atoms with van der Waals surface area (Å²) in [5.74, 6) is 0.500. The Morgan fingerprint density at radius 3 is 2.73 bits per heavy atom. The van der Waals surface area contributed by atoms with Crippen LogP contribution >= 0.6 is 23.4 Å². The Morgan fingerprint density at radius 2 is 2.23 bits per heavy atom. The second-order valence-electron chi connectivity index (χ2n) is 4.18. The van der Waals surface area contributed by atoms with Crippen LogP contribution < -0.4 is 5.56 Å². The van der Waals surface area contributed by atoms with Gasteiger partial charge in [-0.1, -0.05) is 28.5 Å². The molecule has 2 heterocycles. The van der Waals surface area contributed by atoms with Crippen LogP contribution in [0.1, 0.15) is 22.6 Å². The number of aryl methyl sites for hydroxylation is 1. The number of hydrogen-bond acceptors (Lipinski definition) is 5. The SMILES string of the molecule is Cc1cc(CSc2[nH]c(=O)c(Cl)c(C(F)(F)F)c2C#N)on1. The van der Waals surface area contributed by atoms with Gasteiger partial charge in [-0.2, -0.15) is 18.4 Å². The summed E-state index contributed by atoms with van der Waals surface area (Å²) in [4.78, 5) is 13.7. The number of H-pyrrole nitrogens is 1. The van der Waals surface area contributed by atoms with Crippen LogP contribution in [0.2, 0.25) is 5.02 Å². The van der Waals surface area contributed by atoms with E-state index in [4.69, 9.17) is 21.4 Å². The van der Waals surface area contributed by atoms with Crippen molar-refractivity contribution in [2.45, 2.75) is 23.9 Å². The van der Waals surface area contributed by atoms with Gasteiger partial charge in [0, 0.05) is 6.07 Å². The third-order valence-corrected chi connectivity index (χ3v) is 3.94. The molecule has 0 unspecified atom stereocenters. The number of halogens is 4. The van der Waals surface area contributed by atoms with E-state index < -0.39 is 27.9 Å². The number of alkyl halides is 3. The number of hydrogen-bond donors (Lipinski definition) is 1. The van der Waals surface area contributed by atoms with E-state index in [1.54, 1.807) is 13.0 Å². The quantitative estimate of drug-likeness (QED) is 0.857. The van der Waals surface area contributed by atoms with E-state index in [2.05, 4.69) is 10.1 Å². The number of pyridine rings is 1. The first kappa shape index (κ1) is 16.5. The highest BCUT2D eigenvalue weighted by molar-refractivity contribution is 7.98. The Bertz CT molecular complexity index is 807. The zero-order valence-corrected chi connectivity index (χ0v) is 12.5. The van der Waals surface area contributed by atoms with Crippen LogP contribution in [0.5, 0.6) is 0 Å². The Morgan fingerprint density at radius 1 is 1.55 bits per heavy atom. The van der Waals surface area contributed by atoms with Gasteiger partial charge in [-0.25, -0.2) is 0 Å². The minimum Gasteiger partial charge on any atom is -0.360 e. The van der Waals surface area contributed by atoms with E-state index in [0.29, 0.717) is 11.5 Å². The van der Waals surface area contributed by atoms with Gasteiger partial charge in [-0.15, -0.1) is 0 Å². The average Bonchev–Trinajstić information content (AvgIpc) is 2.83. The first-order valence-corrected chi connectivity index (χ1v) is 7.08. The molecule has 0 aromatic carbocycles. The van der Waals surface area contributed by atoms with Crippen molar-refractivity contribution in [3.8, 4) is 6.07 Å². The molecule has 0 spiro atoms. The molecule has 0 aliphatic rings. The normalized spacial score (nSPS) is 11.5. The van der Waals surface area contributed by atoms with Crippen molar-refractivity contribution in [2.75, 3.05) is 0 Å². The van der Waals surface area contributed by atoms with Crippen LogP contribution in [0, 0.1) is 18.3 Å². The standard InChI is InChI=1S/C12H7ClF3N3O2S/c1-5-2-6(21-19-5)4-22-11-7(3-17)8(12(14,15)16)9(13)10(20)18-11/h2H,4H2,1H3,(H,18,20). The molecule has 2 rings (SSSR count). The van der Waals surface area contributed by atoms with E-state index >= 15 is 0 Å². The van der Waals surface area contributed by atoms with E-state index in [9.17, 15) is 18.0 Å². The van der Waals surface area contributed by atoms with Gasteiger partial charge in [0.1, 0.15) is 22.4 Å². The molecule has 0 fully saturated rings. The molecule has 0 aliphatic heterocycles. The fourth-order valence-electron chi connectivity index (χ4n) is 1.67. The molecule has 1 N–H and O–H groups in total. The van der Waals surface area contributed by atoms with Crippen LogP contribution in [0.15, 0.2) is 20.4 Å². The fraction of sp³-hybridized carbons (Fsp3) is 0.250. The predicted molar refractivity (Wildman–Crippen MR) is 72.6 cm³/mol. The van der Waals surface area contributed by atoms with Crippen molar-refractivity contribution >= 4 is 23.4 Å². The Kier molecular flexibility index (Phi) is 4.53. The average molecular weight is 350 g/mol. The molecule has 0 atom stereocenters. The third-order valence-electron chi connectivity index (χ3n) is 2.55. The highest BCUT2D eigenvalue weighted by atomic mass is 35.5. The van der Waals surface area contributed by atoms with E-state index in [1.807, 2.05) is 0 Å². The van der Waals surface area contributed by atoms with Crippen LogP contribution in [-0.4, -0.2) is 10.1 Å². The van der Waals surface area contributed by atoms with Gasteiger partial charge in [0.05, 0.1) is 22.0 Å². The number of thioether (sulfide) groups is 1. The van der Waals surface area contributed by atoms with Gasteiger partial charge in [0.25, 0.3) is 5.56 Å². The molecule has 0 bridgehead atoms. The lowest BCUT2D eigenvalue weighted by molar-refractivity contribution is -0.138. The van der Waals surface area contributed by atoms with Gasteiger partial charge in [0.2, 0.25) is 0 Å².